The number of methoxy groups -OCH3 is 1. The topological polar surface area (TPSA) is 108 Å². The molecule has 152 valence electrons. The van der Waals surface area contributed by atoms with Crippen LogP contribution >= 0.6 is 0 Å². The molecule has 0 fully saturated rings. The number of hydrogen-bond acceptors (Lipinski definition) is 5. The fraction of sp³-hybridized carbons (Fsp3) is 0.318. The van der Waals surface area contributed by atoms with Crippen LogP contribution in [0.2, 0.25) is 0 Å². The van der Waals surface area contributed by atoms with E-state index in [4.69, 9.17) is 11.0 Å². The van der Waals surface area contributed by atoms with Crippen LogP contribution in [0.15, 0.2) is 48.5 Å². The van der Waals surface area contributed by atoms with E-state index in [0.717, 1.165) is 5.56 Å². The highest BCUT2D eigenvalue weighted by atomic mass is 16.5. The third-order valence-corrected chi connectivity index (χ3v) is 4.45. The molecule has 0 aliphatic rings. The maximum Gasteiger partial charge on any atom is 0.411 e. The van der Waals surface area contributed by atoms with Crippen LogP contribution in [0.3, 0.4) is 0 Å². The maximum atomic E-state index is 13.2. The third-order valence-electron chi connectivity index (χ3n) is 4.45. The summed E-state index contributed by atoms with van der Waals surface area (Å²) in [7, 11) is 1.30. The molecular formula is C22H26N4O3. The van der Waals surface area contributed by atoms with Gasteiger partial charge in [0.2, 0.25) is 0 Å². The maximum absolute atomic E-state index is 13.2. The number of nitrogens with zero attached hydrogens (tertiary/aromatic N) is 2. The first-order valence-corrected chi connectivity index (χ1v) is 9.21. The standard InChI is InChI=1S/C22H26N4O3/c1-22(2,14-24)15-26(20(27)18-9-7-16(12-23)8-10-18)13-17-5-4-6-19(11-17)25-21(28)29-3/h4-11H,13-15,24H2,1-3H3,(H,25,28). The monoisotopic (exact) mass is 394 g/mol. The summed E-state index contributed by atoms with van der Waals surface area (Å²) in [6.07, 6.45) is -0.558. The Balaban J connectivity index is 2.28. The lowest BCUT2D eigenvalue weighted by molar-refractivity contribution is 0.0673. The SMILES string of the molecule is COC(=O)Nc1cccc(CN(CC(C)(C)CN)C(=O)c2ccc(C#N)cc2)c1. The molecule has 2 aromatic carbocycles. The molecule has 2 amide bonds. The molecular weight excluding hydrogens is 368 g/mol. The molecule has 0 aliphatic carbocycles. The van der Waals surface area contributed by atoms with Crippen molar-refractivity contribution in [3.8, 4) is 6.07 Å². The van der Waals surface area contributed by atoms with E-state index in [2.05, 4.69) is 10.1 Å². The third kappa shape index (κ3) is 6.33. The Hall–Kier alpha value is -3.37. The molecule has 7 heteroatoms. The van der Waals surface area contributed by atoms with E-state index >= 15 is 0 Å². The van der Waals surface area contributed by atoms with Gasteiger partial charge in [0, 0.05) is 24.3 Å². The van der Waals surface area contributed by atoms with Crippen LogP contribution in [-0.2, 0) is 11.3 Å². The minimum atomic E-state index is -0.558. The van der Waals surface area contributed by atoms with Crippen LogP contribution < -0.4 is 11.1 Å². The van der Waals surface area contributed by atoms with Gasteiger partial charge in [0.15, 0.2) is 0 Å². The Labute approximate surface area is 171 Å². The summed E-state index contributed by atoms with van der Waals surface area (Å²) < 4.78 is 4.62. The molecule has 0 unspecified atom stereocenters. The van der Waals surface area contributed by atoms with Crippen molar-refractivity contribution in [2.75, 3.05) is 25.5 Å². The first-order chi connectivity index (χ1) is 13.8. The molecule has 3 N–H and O–H groups in total. The van der Waals surface area contributed by atoms with Gasteiger partial charge in [-0.3, -0.25) is 10.1 Å². The van der Waals surface area contributed by atoms with E-state index in [1.165, 1.54) is 7.11 Å². The van der Waals surface area contributed by atoms with E-state index in [1.54, 1.807) is 47.4 Å². The van der Waals surface area contributed by atoms with Gasteiger partial charge in [0.1, 0.15) is 0 Å². The van der Waals surface area contributed by atoms with E-state index in [1.807, 2.05) is 26.0 Å². The molecule has 2 aromatic rings. The zero-order valence-corrected chi connectivity index (χ0v) is 16.9. The first kappa shape index (κ1) is 21.9. The Morgan fingerprint density at radius 3 is 2.48 bits per heavy atom. The average molecular weight is 394 g/mol. The molecule has 0 aliphatic heterocycles. The van der Waals surface area contributed by atoms with Crippen molar-refractivity contribution in [1.29, 1.82) is 5.26 Å². The smallest absolute Gasteiger partial charge is 0.411 e. The van der Waals surface area contributed by atoms with Crippen LogP contribution in [-0.4, -0.2) is 37.1 Å². The largest absolute Gasteiger partial charge is 0.453 e. The predicted molar refractivity (Wildman–Crippen MR) is 111 cm³/mol. The second-order valence-corrected chi connectivity index (χ2v) is 7.54. The summed E-state index contributed by atoms with van der Waals surface area (Å²) in [4.78, 5) is 26.3. The predicted octanol–water partition coefficient (Wildman–Crippen LogP) is 3.36. The zero-order valence-electron chi connectivity index (χ0n) is 16.9. The number of nitrogens with one attached hydrogen (secondary N) is 1. The molecule has 0 radical (unpaired) electrons. The van der Waals surface area contributed by atoms with Crippen molar-refractivity contribution in [3.05, 3.63) is 65.2 Å². The Bertz CT molecular complexity index is 901. The number of hydrogen-bond donors (Lipinski definition) is 2. The summed E-state index contributed by atoms with van der Waals surface area (Å²) >= 11 is 0. The van der Waals surface area contributed by atoms with Crippen molar-refractivity contribution in [3.63, 3.8) is 0 Å². The van der Waals surface area contributed by atoms with Gasteiger partial charge in [-0.05, 0) is 53.9 Å². The zero-order chi connectivity index (χ0) is 21.4. The normalized spacial score (nSPS) is 10.7. The molecule has 0 saturated heterocycles. The number of amides is 2. The quantitative estimate of drug-likeness (QED) is 0.748. The Morgan fingerprint density at radius 1 is 1.21 bits per heavy atom. The van der Waals surface area contributed by atoms with Crippen LogP contribution in [0.1, 0.15) is 35.3 Å². The lowest BCUT2D eigenvalue weighted by atomic mass is 9.92. The Morgan fingerprint density at radius 2 is 1.90 bits per heavy atom. The van der Waals surface area contributed by atoms with Crippen molar-refractivity contribution < 1.29 is 14.3 Å². The first-order valence-electron chi connectivity index (χ1n) is 9.21. The molecule has 0 heterocycles. The van der Waals surface area contributed by atoms with Crippen LogP contribution in [0.5, 0.6) is 0 Å². The summed E-state index contributed by atoms with van der Waals surface area (Å²) in [6.45, 7) is 5.23. The molecule has 0 aromatic heterocycles. The minimum absolute atomic E-state index is 0.151. The van der Waals surface area contributed by atoms with Gasteiger partial charge >= 0.3 is 6.09 Å². The summed E-state index contributed by atoms with van der Waals surface area (Å²) in [5.41, 5.74) is 8.04. The number of rotatable bonds is 7. The number of ether oxygens (including phenoxy) is 1. The van der Waals surface area contributed by atoms with Crippen molar-refractivity contribution in [2.45, 2.75) is 20.4 Å². The molecule has 2 rings (SSSR count). The second-order valence-electron chi connectivity index (χ2n) is 7.54. The number of carbonyl (C=O) groups is 2. The van der Waals surface area contributed by atoms with Crippen molar-refractivity contribution in [2.24, 2.45) is 11.1 Å². The highest BCUT2D eigenvalue weighted by Crippen LogP contribution is 2.21. The van der Waals surface area contributed by atoms with Crippen LogP contribution in [0.25, 0.3) is 0 Å². The van der Waals surface area contributed by atoms with Gasteiger partial charge in [-0.2, -0.15) is 5.26 Å². The molecule has 7 nitrogen and oxygen atoms in total. The summed E-state index contributed by atoms with van der Waals surface area (Å²) in [5, 5.41) is 11.6. The van der Waals surface area contributed by atoms with E-state index in [0.29, 0.717) is 36.4 Å². The number of nitrogens with two attached hydrogens (primary N) is 1. The Kier molecular flexibility index (Phi) is 7.34. The highest BCUT2D eigenvalue weighted by Gasteiger charge is 2.25. The van der Waals surface area contributed by atoms with Gasteiger partial charge in [0.05, 0.1) is 18.7 Å². The number of carbonyl (C=O) groups excluding carboxylic acids is 2. The fourth-order valence-corrected chi connectivity index (χ4v) is 2.79. The lowest BCUT2D eigenvalue weighted by Crippen LogP contribution is -2.41. The second kappa shape index (κ2) is 9.71. The fourth-order valence-electron chi connectivity index (χ4n) is 2.79. The van der Waals surface area contributed by atoms with Gasteiger partial charge in [0.25, 0.3) is 5.91 Å². The van der Waals surface area contributed by atoms with Crippen LogP contribution in [0, 0.1) is 16.7 Å². The van der Waals surface area contributed by atoms with Crippen molar-refractivity contribution >= 4 is 17.7 Å². The summed E-state index contributed by atoms with van der Waals surface area (Å²) in [5.74, 6) is -0.151. The lowest BCUT2D eigenvalue weighted by Gasteiger charge is -2.32. The minimum Gasteiger partial charge on any atom is -0.453 e. The molecule has 0 bridgehead atoms. The van der Waals surface area contributed by atoms with E-state index in [9.17, 15) is 9.59 Å². The molecule has 0 saturated carbocycles. The molecule has 29 heavy (non-hydrogen) atoms. The van der Waals surface area contributed by atoms with Gasteiger partial charge in [-0.15, -0.1) is 0 Å². The molecule has 0 atom stereocenters. The number of nitriles is 1. The van der Waals surface area contributed by atoms with E-state index < -0.39 is 6.09 Å². The summed E-state index contributed by atoms with van der Waals surface area (Å²) in [6, 6.07) is 15.8. The number of anilines is 1. The number of benzene rings is 2. The molecule has 0 spiro atoms. The van der Waals surface area contributed by atoms with Gasteiger partial charge < -0.3 is 15.4 Å². The average Bonchev–Trinajstić information content (AvgIpc) is 2.73. The van der Waals surface area contributed by atoms with E-state index in [-0.39, 0.29) is 11.3 Å². The van der Waals surface area contributed by atoms with Gasteiger partial charge in [-0.25, -0.2) is 4.79 Å². The van der Waals surface area contributed by atoms with Crippen molar-refractivity contribution in [1.82, 2.24) is 4.90 Å². The highest BCUT2D eigenvalue weighted by molar-refractivity contribution is 5.94. The van der Waals surface area contributed by atoms with Crippen LogP contribution in [0.4, 0.5) is 10.5 Å². The van der Waals surface area contributed by atoms with Gasteiger partial charge in [-0.1, -0.05) is 26.0 Å².